The van der Waals surface area contributed by atoms with Crippen molar-refractivity contribution in [2.45, 2.75) is 6.92 Å². The molecule has 8 aliphatic rings. The normalized spacial score (nSPS) is 12.7. The van der Waals surface area contributed by atoms with Crippen LogP contribution in [-0.4, -0.2) is 34.5 Å². The van der Waals surface area contributed by atoms with Gasteiger partial charge in [-0.15, -0.1) is 0 Å². The maximum Gasteiger partial charge on any atom is 0.152 e. The summed E-state index contributed by atoms with van der Waals surface area (Å²) < 4.78 is 17.4. The molecule has 0 saturated heterocycles. The van der Waals surface area contributed by atoms with Crippen LogP contribution in [0.4, 0.5) is 0 Å². The predicted molar refractivity (Wildman–Crippen MR) is 202 cm³/mol. The fraction of sp³-hybridized carbons (Fsp3) is 0.0698. The highest BCUT2D eigenvalue weighted by molar-refractivity contribution is 6.11. The molecule has 0 atom stereocenters. The van der Waals surface area contributed by atoms with Gasteiger partial charge in [-0.1, -0.05) is 115 Å². The summed E-state index contributed by atoms with van der Waals surface area (Å²) in [6, 6.07) is 34.0. The third kappa shape index (κ3) is 4.74. The van der Waals surface area contributed by atoms with Crippen molar-refractivity contribution in [3.8, 4) is 56.3 Å². The molecule has 11 heterocycles. The molecular formula is C43H32N4O3. The van der Waals surface area contributed by atoms with Crippen LogP contribution in [0, 0.1) is 0 Å². The van der Waals surface area contributed by atoms with Crippen LogP contribution in [-0.2, 0) is 0 Å². The van der Waals surface area contributed by atoms with E-state index in [0.29, 0.717) is 0 Å². The molecule has 16 rings (SSSR count). The maximum absolute atomic E-state index is 6.04. The number of rotatable bonds is 3. The Morgan fingerprint density at radius 1 is 0.600 bits per heavy atom. The third-order valence-electron chi connectivity index (χ3n) is 9.57. The molecule has 2 N–H and O–H groups in total. The number of methoxy groups -OCH3 is 2. The van der Waals surface area contributed by atoms with Crippen molar-refractivity contribution in [1.29, 1.82) is 0 Å². The second kappa shape index (κ2) is 11.8. The van der Waals surface area contributed by atoms with Crippen LogP contribution < -0.4 is 9.47 Å². The van der Waals surface area contributed by atoms with Gasteiger partial charge in [-0.3, -0.25) is 0 Å². The van der Waals surface area contributed by atoms with Crippen molar-refractivity contribution in [1.82, 2.24) is 20.3 Å². The molecule has 0 radical (unpaired) electrons. The summed E-state index contributed by atoms with van der Waals surface area (Å²) in [6.45, 7) is 2.01. The van der Waals surface area contributed by atoms with Gasteiger partial charge in [-0.25, -0.2) is 4.63 Å². The van der Waals surface area contributed by atoms with E-state index in [2.05, 4.69) is 142 Å². The number of ether oxygens (including phenoxy) is 2. The fourth-order valence-electron chi connectivity index (χ4n) is 7.10. The van der Waals surface area contributed by atoms with Crippen LogP contribution >= 0.6 is 0 Å². The summed E-state index contributed by atoms with van der Waals surface area (Å²) in [5.41, 5.74) is 14.6. The Labute approximate surface area is 288 Å². The van der Waals surface area contributed by atoms with Crippen LogP contribution in [0.2, 0.25) is 0 Å². The number of hydrogen-bond donors (Lipinski definition) is 2. The zero-order valence-corrected chi connectivity index (χ0v) is 27.7. The summed E-state index contributed by atoms with van der Waals surface area (Å²) in [6.07, 6.45) is 10.3. The van der Waals surface area contributed by atoms with Crippen molar-refractivity contribution in [2.75, 3.05) is 14.2 Å². The average molecular weight is 653 g/mol. The first-order chi connectivity index (χ1) is 24.6. The van der Waals surface area contributed by atoms with E-state index in [9.17, 15) is 0 Å². The lowest BCUT2D eigenvalue weighted by Crippen LogP contribution is -1.90. The first-order valence-electron chi connectivity index (χ1n) is 16.5. The van der Waals surface area contributed by atoms with E-state index in [1.54, 1.807) is 14.2 Å². The first-order valence-corrected chi connectivity index (χ1v) is 16.5. The smallest absolute Gasteiger partial charge is 0.152 e. The van der Waals surface area contributed by atoms with Gasteiger partial charge in [0, 0.05) is 33.3 Å². The monoisotopic (exact) mass is 652 g/mol. The minimum absolute atomic E-state index is 0.724. The average Bonchev–Trinajstić information content (AvgIpc) is 3.93. The van der Waals surface area contributed by atoms with E-state index in [1.165, 1.54) is 0 Å². The molecular weight excluding hydrogens is 620 g/mol. The first kappa shape index (κ1) is 29.5. The molecule has 8 aromatic rings. The molecule has 0 unspecified atom stereocenters. The SMILES string of the molecule is C/C=C\C1=CC=Cc2ccc(cc2)-c2cc3c(OC)c4[nH]c(cc4c(OC)c3[nH]2)-c2ccc(cc2)-c2ccc(cc2)-c2ccc1c1nonc21. The molecule has 50 heavy (non-hydrogen) atoms. The molecule has 0 saturated carbocycles. The molecule has 0 aliphatic carbocycles. The van der Waals surface area contributed by atoms with Crippen molar-refractivity contribution in [2.24, 2.45) is 0 Å². The highest BCUT2D eigenvalue weighted by atomic mass is 16.6. The van der Waals surface area contributed by atoms with Crippen LogP contribution in [0.15, 0.2) is 126 Å². The number of nitrogens with one attached hydrogen (secondary N) is 2. The lowest BCUT2D eigenvalue weighted by Gasteiger charge is -2.09. The largest absolute Gasteiger partial charge is 0.494 e. The van der Waals surface area contributed by atoms with Crippen LogP contribution in [0.1, 0.15) is 18.1 Å². The van der Waals surface area contributed by atoms with Gasteiger partial charge < -0.3 is 19.4 Å². The summed E-state index contributed by atoms with van der Waals surface area (Å²) >= 11 is 0. The van der Waals surface area contributed by atoms with E-state index in [4.69, 9.17) is 14.1 Å². The molecule has 242 valence electrons. The summed E-state index contributed by atoms with van der Waals surface area (Å²) in [5, 5.41) is 10.6. The van der Waals surface area contributed by atoms with Crippen molar-refractivity contribution in [3.05, 3.63) is 132 Å². The number of benzene rings is 5. The number of H-pyrrole nitrogens is 2. The van der Waals surface area contributed by atoms with Gasteiger partial charge in [0.1, 0.15) is 11.0 Å². The quantitative estimate of drug-likeness (QED) is 0.198. The Hall–Kier alpha value is -6.60. The Bertz CT molecular complexity index is 2590. The van der Waals surface area contributed by atoms with E-state index in [0.717, 1.165) is 106 Å². The standard InChI is InChI=1S/C43H32N4O3/c1-4-6-28-8-5-7-25-9-11-30(12-10-25)36-23-34-40(44-36)43(49-3)35-24-37(45-41(35)42(34)48-2)31-19-15-27(16-20-31)26-13-17-29(18-14-26)33-22-21-32(28)38-39(33)47-50-46-38/h4-24,44-45H,1-3H3/b6-4-,7-5?,8-5?,25-7?,27-26?,28-8?,32-28?,33-29?,36-30?,37-31?. The van der Waals surface area contributed by atoms with Gasteiger partial charge >= 0.3 is 0 Å². The molecule has 7 heteroatoms. The highest BCUT2D eigenvalue weighted by Crippen LogP contribution is 2.45. The number of aromatic nitrogens is 4. The van der Waals surface area contributed by atoms with Crippen molar-refractivity contribution >= 4 is 44.5 Å². The lowest BCUT2D eigenvalue weighted by atomic mass is 9.95. The second-order valence-corrected chi connectivity index (χ2v) is 12.4. The number of fused-ring (bicyclic) bond motifs is 1. The Kier molecular flexibility index (Phi) is 6.98. The summed E-state index contributed by atoms with van der Waals surface area (Å²) in [5.74, 6) is 1.54. The van der Waals surface area contributed by atoms with Crippen LogP contribution in [0.5, 0.6) is 11.5 Å². The fourth-order valence-corrected chi connectivity index (χ4v) is 7.10. The zero-order valence-electron chi connectivity index (χ0n) is 27.7. The number of nitrogens with zero attached hydrogens (tertiary/aromatic N) is 2. The minimum Gasteiger partial charge on any atom is -0.494 e. The molecule has 8 aliphatic heterocycles. The second-order valence-electron chi connectivity index (χ2n) is 12.4. The van der Waals surface area contributed by atoms with Crippen LogP contribution in [0.3, 0.4) is 0 Å². The topological polar surface area (TPSA) is 89.0 Å². The minimum atomic E-state index is 0.724. The lowest BCUT2D eigenvalue weighted by molar-refractivity contribution is 0.315. The predicted octanol–water partition coefficient (Wildman–Crippen LogP) is 10.9. The number of allylic oxidation sites excluding steroid dienone is 5. The molecule has 0 spiro atoms. The number of hydrogen-bond acceptors (Lipinski definition) is 5. The molecule has 0 amide bonds. The van der Waals surface area contributed by atoms with Gasteiger partial charge in [0.2, 0.25) is 0 Å². The van der Waals surface area contributed by atoms with Gasteiger partial charge in [0.15, 0.2) is 11.5 Å². The summed E-state index contributed by atoms with van der Waals surface area (Å²) in [7, 11) is 3.43. The molecule has 3 aromatic heterocycles. The van der Waals surface area contributed by atoms with Crippen molar-refractivity contribution in [3.63, 3.8) is 0 Å². The molecule has 7 nitrogen and oxygen atoms in total. The number of aromatic amines is 2. The van der Waals surface area contributed by atoms with Gasteiger partial charge in [0.05, 0.1) is 25.3 Å². The van der Waals surface area contributed by atoms with E-state index < -0.39 is 0 Å². The maximum atomic E-state index is 6.04. The zero-order chi connectivity index (χ0) is 33.8. The van der Waals surface area contributed by atoms with E-state index in [-0.39, 0.29) is 0 Å². The van der Waals surface area contributed by atoms with E-state index >= 15 is 0 Å². The molecule has 14 bridgehead atoms. The molecule has 5 aromatic carbocycles. The van der Waals surface area contributed by atoms with E-state index in [1.807, 2.05) is 13.0 Å². The van der Waals surface area contributed by atoms with Gasteiger partial charge in [-0.2, -0.15) is 0 Å². The summed E-state index contributed by atoms with van der Waals surface area (Å²) in [4.78, 5) is 7.26. The van der Waals surface area contributed by atoms with Crippen molar-refractivity contribution < 1.29 is 14.1 Å². The highest BCUT2D eigenvalue weighted by Gasteiger charge is 2.21. The molecule has 0 fully saturated rings. The van der Waals surface area contributed by atoms with Gasteiger partial charge in [-0.05, 0) is 68.3 Å². The Balaban J connectivity index is 1.24. The third-order valence-corrected chi connectivity index (χ3v) is 9.57. The van der Waals surface area contributed by atoms with Gasteiger partial charge in [0.25, 0.3) is 0 Å². The Morgan fingerprint density at radius 3 is 1.66 bits per heavy atom. The Morgan fingerprint density at radius 2 is 1.10 bits per heavy atom. The van der Waals surface area contributed by atoms with Crippen LogP contribution in [0.25, 0.3) is 89.3 Å².